The molecule has 1 aliphatic heterocycles. The van der Waals surface area contributed by atoms with Crippen LogP contribution in [0, 0.1) is 4.77 Å². The van der Waals surface area contributed by atoms with Gasteiger partial charge >= 0.3 is 0 Å². The quantitative estimate of drug-likeness (QED) is 0.814. The molecule has 21 heavy (non-hydrogen) atoms. The Hall–Kier alpha value is -1.53. The topological polar surface area (TPSA) is 38.9 Å². The van der Waals surface area contributed by atoms with Gasteiger partial charge in [0.05, 0.1) is 6.67 Å². The standard InChI is InChI=1S/C15H19N5S/c21-15-19(11-18-8-1-2-9-18)17-14(20(15)13-5-6-13)12-4-3-7-16-10-12/h3-4,7,10,13H,1-2,5-6,8-9,11H2. The number of pyridine rings is 1. The van der Waals surface area contributed by atoms with Crippen molar-refractivity contribution in [3.8, 4) is 11.4 Å². The van der Waals surface area contributed by atoms with Crippen molar-refractivity contribution in [2.45, 2.75) is 38.4 Å². The Morgan fingerprint density at radius 1 is 1.24 bits per heavy atom. The van der Waals surface area contributed by atoms with Gasteiger partial charge in [0.2, 0.25) is 0 Å². The molecule has 2 aromatic rings. The van der Waals surface area contributed by atoms with Crippen molar-refractivity contribution in [2.24, 2.45) is 0 Å². The highest BCUT2D eigenvalue weighted by Crippen LogP contribution is 2.38. The molecule has 2 fully saturated rings. The van der Waals surface area contributed by atoms with E-state index in [0.29, 0.717) is 6.04 Å². The van der Waals surface area contributed by atoms with Crippen molar-refractivity contribution in [1.29, 1.82) is 0 Å². The third-order valence-corrected chi connectivity index (χ3v) is 4.64. The highest BCUT2D eigenvalue weighted by atomic mass is 32.1. The van der Waals surface area contributed by atoms with Gasteiger partial charge in [-0.15, -0.1) is 0 Å². The molecule has 1 aliphatic carbocycles. The van der Waals surface area contributed by atoms with Gasteiger partial charge in [0.15, 0.2) is 10.6 Å². The number of nitrogens with zero attached hydrogens (tertiary/aromatic N) is 5. The monoisotopic (exact) mass is 301 g/mol. The molecular formula is C15H19N5S. The Morgan fingerprint density at radius 2 is 2.05 bits per heavy atom. The van der Waals surface area contributed by atoms with Crippen LogP contribution in [0.2, 0.25) is 0 Å². The molecule has 1 saturated carbocycles. The Labute approximate surface area is 129 Å². The Morgan fingerprint density at radius 3 is 2.71 bits per heavy atom. The summed E-state index contributed by atoms with van der Waals surface area (Å²) in [7, 11) is 0. The van der Waals surface area contributed by atoms with Crippen LogP contribution in [0.15, 0.2) is 24.5 Å². The fourth-order valence-corrected chi connectivity index (χ4v) is 3.31. The van der Waals surface area contributed by atoms with Crippen molar-refractivity contribution in [3.05, 3.63) is 29.3 Å². The van der Waals surface area contributed by atoms with Gasteiger partial charge < -0.3 is 0 Å². The summed E-state index contributed by atoms with van der Waals surface area (Å²) < 4.78 is 5.06. The summed E-state index contributed by atoms with van der Waals surface area (Å²) >= 11 is 5.68. The highest BCUT2D eigenvalue weighted by molar-refractivity contribution is 7.71. The third kappa shape index (κ3) is 2.53. The van der Waals surface area contributed by atoms with Crippen LogP contribution in [0.4, 0.5) is 0 Å². The van der Waals surface area contributed by atoms with Crippen LogP contribution in [-0.2, 0) is 6.67 Å². The molecule has 1 saturated heterocycles. The molecule has 2 aliphatic rings. The summed E-state index contributed by atoms with van der Waals surface area (Å²) in [6, 6.07) is 4.54. The lowest BCUT2D eigenvalue weighted by atomic mass is 10.3. The maximum atomic E-state index is 5.68. The van der Waals surface area contributed by atoms with Crippen LogP contribution in [0.25, 0.3) is 11.4 Å². The molecule has 110 valence electrons. The van der Waals surface area contributed by atoms with Gasteiger partial charge in [-0.2, -0.15) is 5.10 Å². The molecule has 0 radical (unpaired) electrons. The van der Waals surface area contributed by atoms with Crippen LogP contribution in [0.5, 0.6) is 0 Å². The summed E-state index contributed by atoms with van der Waals surface area (Å²) in [5, 5.41) is 4.80. The minimum Gasteiger partial charge on any atom is -0.297 e. The van der Waals surface area contributed by atoms with Crippen LogP contribution in [0.1, 0.15) is 31.7 Å². The predicted molar refractivity (Wildman–Crippen MR) is 83.4 cm³/mol. The van der Waals surface area contributed by atoms with Crippen molar-refractivity contribution < 1.29 is 0 Å². The fourth-order valence-electron chi connectivity index (χ4n) is 2.98. The molecule has 0 atom stereocenters. The van der Waals surface area contributed by atoms with Gasteiger partial charge in [-0.25, -0.2) is 4.68 Å². The van der Waals surface area contributed by atoms with E-state index in [9.17, 15) is 0 Å². The van der Waals surface area contributed by atoms with Gasteiger partial charge in [0, 0.05) is 24.0 Å². The molecule has 6 heteroatoms. The van der Waals surface area contributed by atoms with E-state index < -0.39 is 0 Å². The van der Waals surface area contributed by atoms with Gasteiger partial charge in [-0.05, 0) is 63.1 Å². The molecule has 5 nitrogen and oxygen atoms in total. The van der Waals surface area contributed by atoms with Crippen LogP contribution in [0.3, 0.4) is 0 Å². The zero-order valence-corrected chi connectivity index (χ0v) is 12.8. The van der Waals surface area contributed by atoms with E-state index in [-0.39, 0.29) is 0 Å². The van der Waals surface area contributed by atoms with E-state index in [1.165, 1.54) is 25.7 Å². The average Bonchev–Trinajstić information content (AvgIpc) is 3.12. The van der Waals surface area contributed by atoms with Crippen molar-refractivity contribution in [2.75, 3.05) is 13.1 Å². The fraction of sp³-hybridized carbons (Fsp3) is 0.533. The summed E-state index contributed by atoms with van der Waals surface area (Å²) in [5.41, 5.74) is 1.05. The Bertz CT molecular complexity index is 680. The number of rotatable bonds is 4. The van der Waals surface area contributed by atoms with Gasteiger partial charge in [-0.3, -0.25) is 14.5 Å². The maximum Gasteiger partial charge on any atom is 0.199 e. The van der Waals surface area contributed by atoms with Crippen molar-refractivity contribution in [1.82, 2.24) is 24.2 Å². The van der Waals surface area contributed by atoms with Crippen LogP contribution >= 0.6 is 12.2 Å². The predicted octanol–water partition coefficient (Wildman–Crippen LogP) is 2.86. The molecule has 0 bridgehead atoms. The van der Waals surface area contributed by atoms with Crippen LogP contribution < -0.4 is 0 Å². The third-order valence-electron chi connectivity index (χ3n) is 4.23. The SMILES string of the molecule is S=c1n(CN2CCCC2)nc(-c2cccnc2)n1C1CC1. The first-order valence-electron chi connectivity index (χ1n) is 7.65. The Balaban J connectivity index is 1.73. The largest absolute Gasteiger partial charge is 0.297 e. The molecule has 0 unspecified atom stereocenters. The smallest absolute Gasteiger partial charge is 0.199 e. The van der Waals surface area contributed by atoms with Crippen LogP contribution in [-0.4, -0.2) is 37.3 Å². The molecule has 0 N–H and O–H groups in total. The molecule has 0 amide bonds. The normalized spacial score (nSPS) is 19.2. The summed E-state index contributed by atoms with van der Waals surface area (Å²) in [6.07, 6.45) is 8.64. The first-order chi connectivity index (χ1) is 10.3. The molecule has 2 aromatic heterocycles. The number of likely N-dealkylation sites (tertiary alicyclic amines) is 1. The van der Waals surface area contributed by atoms with E-state index in [1.807, 2.05) is 16.9 Å². The molecule has 4 rings (SSSR count). The molecule has 3 heterocycles. The van der Waals surface area contributed by atoms with E-state index in [2.05, 4.69) is 20.5 Å². The highest BCUT2D eigenvalue weighted by Gasteiger charge is 2.29. The van der Waals surface area contributed by atoms with E-state index in [0.717, 1.165) is 35.9 Å². The second-order valence-corrected chi connectivity index (χ2v) is 6.28. The summed E-state index contributed by atoms with van der Waals surface area (Å²) in [4.78, 5) is 6.64. The first-order valence-corrected chi connectivity index (χ1v) is 8.06. The zero-order chi connectivity index (χ0) is 14.2. The number of hydrogen-bond acceptors (Lipinski definition) is 4. The van der Waals surface area contributed by atoms with E-state index in [4.69, 9.17) is 17.3 Å². The lowest BCUT2D eigenvalue weighted by Gasteiger charge is -2.13. The second kappa shape index (κ2) is 5.35. The maximum absolute atomic E-state index is 5.68. The summed E-state index contributed by atoms with van der Waals surface area (Å²) in [6.45, 7) is 3.12. The van der Waals surface area contributed by atoms with Gasteiger partial charge in [0.25, 0.3) is 0 Å². The molecule has 0 aromatic carbocycles. The molecular weight excluding hydrogens is 282 g/mol. The Kier molecular flexibility index (Phi) is 3.35. The lowest BCUT2D eigenvalue weighted by molar-refractivity contribution is 0.253. The second-order valence-electron chi connectivity index (χ2n) is 5.92. The average molecular weight is 301 g/mol. The van der Waals surface area contributed by atoms with Gasteiger partial charge in [0.1, 0.15) is 0 Å². The van der Waals surface area contributed by atoms with E-state index >= 15 is 0 Å². The van der Waals surface area contributed by atoms with Gasteiger partial charge in [-0.1, -0.05) is 0 Å². The van der Waals surface area contributed by atoms with E-state index in [1.54, 1.807) is 6.20 Å². The summed E-state index contributed by atoms with van der Waals surface area (Å²) in [5.74, 6) is 0.967. The number of hydrogen-bond donors (Lipinski definition) is 0. The minimum atomic E-state index is 0.528. The van der Waals surface area contributed by atoms with Crippen molar-refractivity contribution in [3.63, 3.8) is 0 Å². The zero-order valence-electron chi connectivity index (χ0n) is 12.0. The van der Waals surface area contributed by atoms with Crippen molar-refractivity contribution >= 4 is 12.2 Å². The molecule has 0 spiro atoms. The minimum absolute atomic E-state index is 0.528. The first kappa shape index (κ1) is 13.2. The number of aromatic nitrogens is 4. The lowest BCUT2D eigenvalue weighted by Crippen LogP contribution is -2.23.